The van der Waals surface area contributed by atoms with E-state index in [1.165, 1.54) is 50.5 Å². The second kappa shape index (κ2) is 8.05. The minimum Gasteiger partial charge on any atom is -0.290 e. The largest absolute Gasteiger partial charge is 0.290 e. The minimum absolute atomic E-state index is 0.108. The van der Waals surface area contributed by atoms with Crippen LogP contribution in [0.15, 0.2) is 24.3 Å². The molecule has 2 aliphatic rings. The summed E-state index contributed by atoms with van der Waals surface area (Å²) < 4.78 is 2.12. The van der Waals surface area contributed by atoms with Crippen LogP contribution in [-0.2, 0) is 0 Å². The van der Waals surface area contributed by atoms with Gasteiger partial charge in [-0.1, -0.05) is 49.9 Å². The van der Waals surface area contributed by atoms with Gasteiger partial charge in [-0.2, -0.15) is 0 Å². The van der Waals surface area contributed by atoms with Gasteiger partial charge in [0.25, 0.3) is 0 Å². The van der Waals surface area contributed by atoms with Crippen LogP contribution in [0.2, 0.25) is 5.02 Å². The molecule has 1 saturated carbocycles. The highest BCUT2D eigenvalue weighted by Gasteiger charge is 2.32. The van der Waals surface area contributed by atoms with Crippen LogP contribution in [0.3, 0.4) is 0 Å². The third-order valence-electron chi connectivity index (χ3n) is 6.05. The Bertz CT molecular complexity index is 699. The van der Waals surface area contributed by atoms with Gasteiger partial charge in [-0.05, 0) is 72.8 Å². The molecule has 6 heteroatoms. The van der Waals surface area contributed by atoms with Crippen LogP contribution < -0.4 is 0 Å². The first-order valence-electron chi connectivity index (χ1n) is 9.99. The zero-order valence-corrected chi connectivity index (χ0v) is 16.3. The molecule has 0 spiro atoms. The zero-order chi connectivity index (χ0) is 17.9. The second-order valence-corrected chi connectivity index (χ2v) is 8.38. The maximum Gasteiger partial charge on any atom is 0.173 e. The molecule has 2 aromatic rings. The SMILES string of the molecule is CC1CCN([C@@H](c2ccc(Cl)cc2)c2nnnn2C2CCCCC2)CC1. The van der Waals surface area contributed by atoms with Crippen LogP contribution in [0.1, 0.15) is 75.3 Å². The minimum atomic E-state index is 0.108. The van der Waals surface area contributed by atoms with Crippen molar-refractivity contribution in [1.82, 2.24) is 25.1 Å². The number of halogens is 1. The van der Waals surface area contributed by atoms with Crippen molar-refractivity contribution in [2.75, 3.05) is 13.1 Å². The summed E-state index contributed by atoms with van der Waals surface area (Å²) in [5.74, 6) is 1.79. The van der Waals surface area contributed by atoms with Crippen molar-refractivity contribution in [3.8, 4) is 0 Å². The lowest BCUT2D eigenvalue weighted by Crippen LogP contribution is -2.38. The Labute approximate surface area is 160 Å². The Morgan fingerprint density at radius 2 is 1.69 bits per heavy atom. The lowest BCUT2D eigenvalue weighted by Gasteiger charge is -2.37. The summed E-state index contributed by atoms with van der Waals surface area (Å²) in [7, 11) is 0. The summed E-state index contributed by atoms with van der Waals surface area (Å²) in [5.41, 5.74) is 1.23. The summed E-state index contributed by atoms with van der Waals surface area (Å²) in [6.07, 6.45) is 8.71. The van der Waals surface area contributed by atoms with E-state index in [0.717, 1.165) is 29.9 Å². The van der Waals surface area contributed by atoms with Crippen LogP contribution in [0, 0.1) is 5.92 Å². The molecule has 1 aliphatic carbocycles. The Kier molecular flexibility index (Phi) is 5.55. The lowest BCUT2D eigenvalue weighted by atomic mass is 9.93. The Morgan fingerprint density at radius 3 is 2.38 bits per heavy atom. The van der Waals surface area contributed by atoms with Gasteiger partial charge in [0.2, 0.25) is 0 Å². The Morgan fingerprint density at radius 1 is 1.00 bits per heavy atom. The predicted octanol–water partition coefficient (Wildman–Crippen LogP) is 4.65. The fraction of sp³-hybridized carbons (Fsp3) is 0.650. The third-order valence-corrected chi connectivity index (χ3v) is 6.30. The molecule has 1 aliphatic heterocycles. The molecule has 1 aromatic carbocycles. The number of benzene rings is 1. The van der Waals surface area contributed by atoms with Gasteiger partial charge in [0.15, 0.2) is 5.82 Å². The summed E-state index contributed by atoms with van der Waals surface area (Å²) in [5, 5.41) is 13.8. The predicted molar refractivity (Wildman–Crippen MR) is 103 cm³/mol. The molecular formula is C20H28ClN5. The molecule has 0 bridgehead atoms. The van der Waals surface area contributed by atoms with E-state index >= 15 is 0 Å². The fourth-order valence-corrected chi connectivity index (χ4v) is 4.55. The normalized spacial score (nSPS) is 21.8. The van der Waals surface area contributed by atoms with Gasteiger partial charge in [0.1, 0.15) is 0 Å². The molecule has 0 N–H and O–H groups in total. The van der Waals surface area contributed by atoms with Gasteiger partial charge in [0.05, 0.1) is 12.1 Å². The van der Waals surface area contributed by atoms with E-state index in [2.05, 4.69) is 44.2 Å². The summed E-state index contributed by atoms with van der Waals surface area (Å²) in [4.78, 5) is 2.55. The summed E-state index contributed by atoms with van der Waals surface area (Å²) in [6, 6.07) is 8.76. The molecule has 5 nitrogen and oxygen atoms in total. The third kappa shape index (κ3) is 3.79. The number of hydrogen-bond donors (Lipinski definition) is 0. The zero-order valence-electron chi connectivity index (χ0n) is 15.5. The van der Waals surface area contributed by atoms with Gasteiger partial charge >= 0.3 is 0 Å². The first kappa shape index (κ1) is 17.9. The van der Waals surface area contributed by atoms with Crippen LogP contribution in [-0.4, -0.2) is 38.2 Å². The Balaban J connectivity index is 1.69. The average molecular weight is 374 g/mol. The molecule has 26 heavy (non-hydrogen) atoms. The van der Waals surface area contributed by atoms with Gasteiger partial charge in [-0.25, -0.2) is 4.68 Å². The quantitative estimate of drug-likeness (QED) is 0.782. The van der Waals surface area contributed by atoms with Crippen molar-refractivity contribution < 1.29 is 0 Å². The van der Waals surface area contributed by atoms with E-state index in [4.69, 9.17) is 11.6 Å². The highest BCUT2D eigenvalue weighted by Crippen LogP contribution is 2.35. The van der Waals surface area contributed by atoms with Crippen LogP contribution >= 0.6 is 11.6 Å². The van der Waals surface area contributed by atoms with Crippen molar-refractivity contribution in [2.24, 2.45) is 5.92 Å². The standard InChI is InChI=1S/C20H28ClN5/c1-15-11-13-25(14-12-15)19(16-7-9-17(21)10-8-16)20-22-23-24-26(20)18-5-3-2-4-6-18/h7-10,15,18-19H,2-6,11-14H2,1H3/t19-/m0/s1. The van der Waals surface area contributed by atoms with Crippen molar-refractivity contribution in [1.29, 1.82) is 0 Å². The number of aromatic nitrogens is 4. The molecular weight excluding hydrogens is 346 g/mol. The van der Waals surface area contributed by atoms with E-state index < -0.39 is 0 Å². The van der Waals surface area contributed by atoms with Gasteiger partial charge < -0.3 is 0 Å². The fourth-order valence-electron chi connectivity index (χ4n) is 4.42. The average Bonchev–Trinajstić information content (AvgIpc) is 3.15. The second-order valence-electron chi connectivity index (χ2n) is 7.95. The van der Waals surface area contributed by atoms with Crippen LogP contribution in [0.25, 0.3) is 0 Å². The number of likely N-dealkylation sites (tertiary alicyclic amines) is 1. The van der Waals surface area contributed by atoms with Crippen molar-refractivity contribution in [3.63, 3.8) is 0 Å². The molecule has 0 radical (unpaired) electrons. The van der Waals surface area contributed by atoms with Crippen molar-refractivity contribution in [2.45, 2.75) is 64.0 Å². The number of piperidine rings is 1. The van der Waals surface area contributed by atoms with Gasteiger partial charge in [0, 0.05) is 5.02 Å². The first-order valence-corrected chi connectivity index (χ1v) is 10.4. The molecule has 1 aromatic heterocycles. The van der Waals surface area contributed by atoms with E-state index in [0.29, 0.717) is 6.04 Å². The lowest BCUT2D eigenvalue weighted by molar-refractivity contribution is 0.146. The number of tetrazole rings is 1. The summed E-state index contributed by atoms with van der Waals surface area (Å²) in [6.45, 7) is 4.53. The highest BCUT2D eigenvalue weighted by atomic mass is 35.5. The number of nitrogens with zero attached hydrogens (tertiary/aromatic N) is 5. The summed E-state index contributed by atoms with van der Waals surface area (Å²) >= 11 is 6.14. The number of rotatable bonds is 4. The van der Waals surface area contributed by atoms with Crippen LogP contribution in [0.4, 0.5) is 0 Å². The van der Waals surface area contributed by atoms with Crippen molar-refractivity contribution in [3.05, 3.63) is 40.7 Å². The van der Waals surface area contributed by atoms with Gasteiger partial charge in [-0.3, -0.25) is 4.90 Å². The molecule has 4 rings (SSSR count). The van der Waals surface area contributed by atoms with E-state index in [1.54, 1.807) is 0 Å². The topological polar surface area (TPSA) is 46.8 Å². The number of hydrogen-bond acceptors (Lipinski definition) is 4. The molecule has 1 atom stereocenters. The maximum absolute atomic E-state index is 6.14. The maximum atomic E-state index is 6.14. The molecule has 0 amide bonds. The first-order chi connectivity index (χ1) is 12.7. The highest BCUT2D eigenvalue weighted by molar-refractivity contribution is 6.30. The molecule has 2 fully saturated rings. The molecule has 0 unspecified atom stereocenters. The van der Waals surface area contributed by atoms with E-state index in [-0.39, 0.29) is 6.04 Å². The van der Waals surface area contributed by atoms with Crippen molar-refractivity contribution >= 4 is 11.6 Å². The van der Waals surface area contributed by atoms with Crippen LogP contribution in [0.5, 0.6) is 0 Å². The van der Waals surface area contributed by atoms with Gasteiger partial charge in [-0.15, -0.1) is 5.10 Å². The monoisotopic (exact) mass is 373 g/mol. The smallest absolute Gasteiger partial charge is 0.173 e. The molecule has 2 heterocycles. The molecule has 1 saturated heterocycles. The molecule has 140 valence electrons. The van der Waals surface area contributed by atoms with E-state index in [9.17, 15) is 0 Å². The Hall–Kier alpha value is -1.46. The van der Waals surface area contributed by atoms with E-state index in [1.807, 2.05) is 12.1 Å².